The van der Waals surface area contributed by atoms with E-state index in [0.29, 0.717) is 35.7 Å². The van der Waals surface area contributed by atoms with Crippen LogP contribution in [0.1, 0.15) is 23.2 Å². The van der Waals surface area contributed by atoms with Gasteiger partial charge in [-0.05, 0) is 24.6 Å². The molecule has 6 heteroatoms. The highest BCUT2D eigenvalue weighted by molar-refractivity contribution is 6.33. The lowest BCUT2D eigenvalue weighted by Gasteiger charge is -2.30. The van der Waals surface area contributed by atoms with Crippen LogP contribution in [0.3, 0.4) is 0 Å². The molecule has 1 unspecified atom stereocenters. The topological polar surface area (TPSA) is 75.4 Å². The van der Waals surface area contributed by atoms with Gasteiger partial charge in [0.05, 0.1) is 10.7 Å². The molecule has 19 heavy (non-hydrogen) atoms. The molecule has 1 aromatic carbocycles. The summed E-state index contributed by atoms with van der Waals surface area (Å²) in [5, 5.41) is 3.33. The largest absolute Gasteiger partial charge is 0.398 e. The fraction of sp³-hybridized carbons (Fsp3) is 0.385. The lowest BCUT2D eigenvalue weighted by Crippen LogP contribution is -2.48. The lowest BCUT2D eigenvalue weighted by atomic mass is 10.0. The zero-order chi connectivity index (χ0) is 14.0. The number of amides is 2. The molecule has 1 saturated heterocycles. The number of anilines is 1. The predicted octanol–water partition coefficient (Wildman–Crippen LogP) is 1.27. The number of piperidine rings is 1. The fourth-order valence-corrected chi connectivity index (χ4v) is 2.20. The van der Waals surface area contributed by atoms with Crippen LogP contribution in [0.2, 0.25) is 5.02 Å². The molecular weight excluding hydrogens is 266 g/mol. The number of nitrogen functional groups attached to an aromatic ring is 1. The van der Waals surface area contributed by atoms with Crippen LogP contribution in [0.4, 0.5) is 5.69 Å². The highest BCUT2D eigenvalue weighted by Crippen LogP contribution is 2.19. The van der Waals surface area contributed by atoms with Crippen molar-refractivity contribution in [3.63, 3.8) is 0 Å². The van der Waals surface area contributed by atoms with E-state index >= 15 is 0 Å². The number of nitrogens with zero attached hydrogens (tertiary/aromatic N) is 1. The zero-order valence-electron chi connectivity index (χ0n) is 10.6. The number of hydrogen-bond acceptors (Lipinski definition) is 3. The Balaban J connectivity index is 2.01. The van der Waals surface area contributed by atoms with Crippen molar-refractivity contribution in [2.24, 2.45) is 0 Å². The normalized spacial score (nSPS) is 19.4. The molecule has 0 aliphatic carbocycles. The smallest absolute Gasteiger partial charge is 0.251 e. The van der Waals surface area contributed by atoms with Gasteiger partial charge in [-0.15, -0.1) is 0 Å². The second kappa shape index (κ2) is 5.48. The predicted molar refractivity (Wildman–Crippen MR) is 74.0 cm³/mol. The third-order valence-corrected chi connectivity index (χ3v) is 3.56. The van der Waals surface area contributed by atoms with Gasteiger partial charge in [-0.3, -0.25) is 9.59 Å². The van der Waals surface area contributed by atoms with Gasteiger partial charge < -0.3 is 16.0 Å². The van der Waals surface area contributed by atoms with E-state index in [1.54, 1.807) is 30.1 Å². The third-order valence-electron chi connectivity index (χ3n) is 3.22. The first-order valence-electron chi connectivity index (χ1n) is 6.07. The first-order valence-corrected chi connectivity index (χ1v) is 6.45. The second-order valence-electron chi connectivity index (χ2n) is 4.72. The molecule has 3 N–H and O–H groups in total. The van der Waals surface area contributed by atoms with Gasteiger partial charge in [0.25, 0.3) is 5.91 Å². The highest BCUT2D eigenvalue weighted by atomic mass is 35.5. The Kier molecular flexibility index (Phi) is 3.95. The number of halogens is 1. The van der Waals surface area contributed by atoms with Crippen molar-refractivity contribution in [1.29, 1.82) is 0 Å². The average molecular weight is 282 g/mol. The van der Waals surface area contributed by atoms with Gasteiger partial charge in [-0.25, -0.2) is 0 Å². The fourth-order valence-electron chi connectivity index (χ4n) is 2.08. The summed E-state index contributed by atoms with van der Waals surface area (Å²) in [6.07, 6.45) is 1.13. The van der Waals surface area contributed by atoms with Gasteiger partial charge in [0.1, 0.15) is 0 Å². The molecule has 0 bridgehead atoms. The van der Waals surface area contributed by atoms with E-state index < -0.39 is 0 Å². The van der Waals surface area contributed by atoms with E-state index in [1.165, 1.54) is 0 Å². The number of likely N-dealkylation sites (tertiary alicyclic amines) is 1. The Morgan fingerprint density at radius 3 is 2.89 bits per heavy atom. The molecule has 0 spiro atoms. The van der Waals surface area contributed by atoms with E-state index in [1.807, 2.05) is 0 Å². The molecule has 0 aromatic heterocycles. The quantitative estimate of drug-likeness (QED) is 0.802. The number of carbonyl (C=O) groups is 2. The van der Waals surface area contributed by atoms with Crippen LogP contribution >= 0.6 is 11.6 Å². The molecule has 5 nitrogen and oxygen atoms in total. The molecule has 1 heterocycles. The monoisotopic (exact) mass is 281 g/mol. The van der Waals surface area contributed by atoms with Crippen molar-refractivity contribution in [3.05, 3.63) is 28.8 Å². The minimum atomic E-state index is -0.198. The van der Waals surface area contributed by atoms with Gasteiger partial charge in [-0.1, -0.05) is 11.6 Å². The van der Waals surface area contributed by atoms with Crippen LogP contribution in [0.5, 0.6) is 0 Å². The number of hydrogen-bond donors (Lipinski definition) is 2. The maximum atomic E-state index is 12.1. The van der Waals surface area contributed by atoms with Crippen LogP contribution in [0.15, 0.2) is 18.2 Å². The number of rotatable bonds is 2. The number of nitrogens with two attached hydrogens (primary N) is 1. The summed E-state index contributed by atoms with van der Waals surface area (Å²) in [7, 11) is 1.74. The molecule has 2 amide bonds. The molecule has 1 aromatic rings. The van der Waals surface area contributed by atoms with Gasteiger partial charge in [0.15, 0.2) is 0 Å². The number of benzene rings is 1. The number of nitrogens with one attached hydrogen (secondary N) is 1. The van der Waals surface area contributed by atoms with Crippen molar-refractivity contribution in [2.45, 2.75) is 18.9 Å². The third kappa shape index (κ3) is 3.17. The molecule has 1 fully saturated rings. The Labute approximate surface area is 116 Å². The van der Waals surface area contributed by atoms with Crippen LogP contribution < -0.4 is 11.1 Å². The second-order valence-corrected chi connectivity index (χ2v) is 5.13. The SMILES string of the molecule is CN1CC(NC(=O)c2ccc(Cl)c(N)c2)CCC1=O. The lowest BCUT2D eigenvalue weighted by molar-refractivity contribution is -0.132. The molecule has 102 valence electrons. The van der Waals surface area contributed by atoms with Crippen molar-refractivity contribution in [2.75, 3.05) is 19.3 Å². The van der Waals surface area contributed by atoms with Crippen LogP contribution in [0.25, 0.3) is 0 Å². The molecule has 1 aliphatic heterocycles. The first kappa shape index (κ1) is 13.7. The number of carbonyl (C=O) groups excluding carboxylic acids is 2. The summed E-state index contributed by atoms with van der Waals surface area (Å²) in [5.74, 6) is -0.0858. The summed E-state index contributed by atoms with van der Waals surface area (Å²) < 4.78 is 0. The standard InChI is InChI=1S/C13H16ClN3O2/c1-17-7-9(3-5-12(17)18)16-13(19)8-2-4-10(14)11(15)6-8/h2,4,6,9H,3,5,7,15H2,1H3,(H,16,19). The van der Waals surface area contributed by atoms with Gasteiger partial charge in [-0.2, -0.15) is 0 Å². The Hall–Kier alpha value is -1.75. The molecule has 0 radical (unpaired) electrons. The van der Waals surface area contributed by atoms with Gasteiger partial charge >= 0.3 is 0 Å². The summed E-state index contributed by atoms with van der Waals surface area (Å²) in [5.41, 5.74) is 6.52. The van der Waals surface area contributed by atoms with E-state index in [0.717, 1.165) is 0 Å². The van der Waals surface area contributed by atoms with Crippen LogP contribution in [-0.4, -0.2) is 36.3 Å². The zero-order valence-corrected chi connectivity index (χ0v) is 11.4. The minimum absolute atomic E-state index is 0.0212. The van der Waals surface area contributed by atoms with Crippen LogP contribution in [-0.2, 0) is 4.79 Å². The van der Waals surface area contributed by atoms with Crippen molar-refractivity contribution in [3.8, 4) is 0 Å². The number of likely N-dealkylation sites (N-methyl/N-ethyl adjacent to an activating group) is 1. The molecular formula is C13H16ClN3O2. The minimum Gasteiger partial charge on any atom is -0.398 e. The van der Waals surface area contributed by atoms with Crippen molar-refractivity contribution >= 4 is 29.1 Å². The Morgan fingerprint density at radius 2 is 2.26 bits per heavy atom. The van der Waals surface area contributed by atoms with Crippen molar-refractivity contribution in [1.82, 2.24) is 10.2 Å². The first-order chi connectivity index (χ1) is 8.97. The van der Waals surface area contributed by atoms with E-state index in [9.17, 15) is 9.59 Å². The Morgan fingerprint density at radius 1 is 1.53 bits per heavy atom. The molecule has 1 atom stereocenters. The van der Waals surface area contributed by atoms with E-state index in [2.05, 4.69) is 5.32 Å². The molecule has 0 saturated carbocycles. The van der Waals surface area contributed by atoms with Gasteiger partial charge in [0, 0.05) is 31.6 Å². The summed E-state index contributed by atoms with van der Waals surface area (Å²) in [6.45, 7) is 0.535. The van der Waals surface area contributed by atoms with E-state index in [4.69, 9.17) is 17.3 Å². The maximum absolute atomic E-state index is 12.1. The summed E-state index contributed by atoms with van der Waals surface area (Å²) in [6, 6.07) is 4.76. The maximum Gasteiger partial charge on any atom is 0.251 e. The molecule has 1 aliphatic rings. The van der Waals surface area contributed by atoms with Gasteiger partial charge in [0.2, 0.25) is 5.91 Å². The summed E-state index contributed by atoms with van der Waals surface area (Å²) in [4.78, 5) is 25.0. The van der Waals surface area contributed by atoms with Crippen molar-refractivity contribution < 1.29 is 9.59 Å². The summed E-state index contributed by atoms with van der Waals surface area (Å²) >= 11 is 5.81. The average Bonchev–Trinajstić information content (AvgIpc) is 2.37. The highest BCUT2D eigenvalue weighted by Gasteiger charge is 2.24. The Bertz CT molecular complexity index is 519. The van der Waals surface area contributed by atoms with E-state index in [-0.39, 0.29) is 17.9 Å². The van der Waals surface area contributed by atoms with Crippen LogP contribution in [0, 0.1) is 0 Å². The molecule has 2 rings (SSSR count).